The van der Waals surface area contributed by atoms with E-state index in [1.165, 1.54) is 0 Å². The highest BCUT2D eigenvalue weighted by Gasteiger charge is 2.33. The SMILES string of the molecule is CC(C)(C)OC(=O)N[C@H](c1ccccc1)[C@@H](O)C(=O)OC(C)(C)C. The minimum absolute atomic E-state index is 0.571. The van der Waals surface area contributed by atoms with E-state index < -0.39 is 35.4 Å². The maximum Gasteiger partial charge on any atom is 0.408 e. The average Bonchev–Trinajstić information content (AvgIpc) is 2.41. The van der Waals surface area contributed by atoms with Gasteiger partial charge in [0.2, 0.25) is 0 Å². The molecule has 1 amide bonds. The van der Waals surface area contributed by atoms with Gasteiger partial charge in [-0.15, -0.1) is 0 Å². The van der Waals surface area contributed by atoms with E-state index in [4.69, 9.17) is 9.47 Å². The first kappa shape index (κ1) is 20.0. The Morgan fingerprint density at radius 2 is 1.46 bits per heavy atom. The summed E-state index contributed by atoms with van der Waals surface area (Å²) in [6.45, 7) is 10.3. The highest BCUT2D eigenvalue weighted by atomic mass is 16.6. The Labute approximate surface area is 143 Å². The van der Waals surface area contributed by atoms with Crippen LogP contribution in [-0.4, -0.2) is 34.5 Å². The monoisotopic (exact) mass is 337 g/mol. The normalized spacial score (nSPS) is 14.5. The number of nitrogens with one attached hydrogen (secondary N) is 1. The molecular formula is C18H27NO5. The Hall–Kier alpha value is -2.08. The van der Waals surface area contributed by atoms with Crippen molar-refractivity contribution in [3.63, 3.8) is 0 Å². The molecular weight excluding hydrogens is 310 g/mol. The van der Waals surface area contributed by atoms with E-state index in [1.54, 1.807) is 71.9 Å². The molecule has 24 heavy (non-hydrogen) atoms. The largest absolute Gasteiger partial charge is 0.458 e. The van der Waals surface area contributed by atoms with Gasteiger partial charge in [0.05, 0.1) is 6.04 Å². The highest BCUT2D eigenvalue weighted by molar-refractivity contribution is 5.78. The highest BCUT2D eigenvalue weighted by Crippen LogP contribution is 2.21. The first-order valence-corrected chi connectivity index (χ1v) is 7.84. The van der Waals surface area contributed by atoms with Crippen LogP contribution < -0.4 is 5.32 Å². The van der Waals surface area contributed by atoms with Crippen molar-refractivity contribution in [1.29, 1.82) is 0 Å². The zero-order valence-electron chi connectivity index (χ0n) is 15.1. The van der Waals surface area contributed by atoms with E-state index in [0.717, 1.165) is 0 Å². The second kappa shape index (κ2) is 7.66. The van der Waals surface area contributed by atoms with Crippen LogP contribution in [0.4, 0.5) is 4.79 Å². The molecule has 1 aromatic rings. The molecule has 6 nitrogen and oxygen atoms in total. The Kier molecular flexibility index (Phi) is 6.37. The van der Waals surface area contributed by atoms with Crippen molar-refractivity contribution >= 4 is 12.1 Å². The molecule has 0 saturated heterocycles. The lowest BCUT2D eigenvalue weighted by molar-refractivity contribution is -0.166. The van der Waals surface area contributed by atoms with Crippen molar-refractivity contribution in [3.05, 3.63) is 35.9 Å². The average molecular weight is 337 g/mol. The Morgan fingerprint density at radius 1 is 0.958 bits per heavy atom. The van der Waals surface area contributed by atoms with Crippen molar-refractivity contribution in [2.45, 2.75) is 64.9 Å². The van der Waals surface area contributed by atoms with Crippen LogP contribution in [0.15, 0.2) is 30.3 Å². The molecule has 0 radical (unpaired) electrons. The summed E-state index contributed by atoms with van der Waals surface area (Å²) < 4.78 is 10.4. The fraction of sp³-hybridized carbons (Fsp3) is 0.556. The molecule has 0 unspecified atom stereocenters. The van der Waals surface area contributed by atoms with Crippen LogP contribution >= 0.6 is 0 Å². The number of hydrogen-bond acceptors (Lipinski definition) is 5. The van der Waals surface area contributed by atoms with E-state index >= 15 is 0 Å². The van der Waals surface area contributed by atoms with Crippen LogP contribution in [0.2, 0.25) is 0 Å². The molecule has 134 valence electrons. The second-order valence-corrected chi connectivity index (χ2v) is 7.51. The number of amides is 1. The van der Waals surface area contributed by atoms with Crippen molar-refractivity contribution in [2.75, 3.05) is 0 Å². The molecule has 0 fully saturated rings. The van der Waals surface area contributed by atoms with Crippen LogP contribution in [0.3, 0.4) is 0 Å². The lowest BCUT2D eigenvalue weighted by Gasteiger charge is -2.28. The number of alkyl carbamates (subject to hydrolysis) is 1. The van der Waals surface area contributed by atoms with Crippen molar-refractivity contribution in [3.8, 4) is 0 Å². The van der Waals surface area contributed by atoms with Crippen LogP contribution in [0.1, 0.15) is 53.1 Å². The molecule has 0 bridgehead atoms. The summed E-state index contributed by atoms with van der Waals surface area (Å²) in [6, 6.07) is 7.73. The third kappa shape index (κ3) is 7.00. The lowest BCUT2D eigenvalue weighted by Crippen LogP contribution is -2.44. The zero-order valence-corrected chi connectivity index (χ0v) is 15.1. The fourth-order valence-electron chi connectivity index (χ4n) is 1.94. The first-order valence-electron chi connectivity index (χ1n) is 7.84. The Morgan fingerprint density at radius 3 is 1.92 bits per heavy atom. The van der Waals surface area contributed by atoms with Gasteiger partial charge in [-0.25, -0.2) is 9.59 Å². The van der Waals surface area contributed by atoms with Gasteiger partial charge < -0.3 is 19.9 Å². The van der Waals surface area contributed by atoms with Gasteiger partial charge >= 0.3 is 12.1 Å². The topological polar surface area (TPSA) is 84.9 Å². The molecule has 0 spiro atoms. The summed E-state index contributed by atoms with van der Waals surface area (Å²) in [5.41, 5.74) is -0.866. The molecule has 0 aliphatic heterocycles. The van der Waals surface area contributed by atoms with Gasteiger partial charge in [-0.05, 0) is 47.1 Å². The minimum atomic E-state index is -1.56. The molecule has 1 rings (SSSR count). The zero-order chi connectivity index (χ0) is 18.5. The van der Waals surface area contributed by atoms with E-state index in [2.05, 4.69) is 5.32 Å². The maximum atomic E-state index is 12.2. The van der Waals surface area contributed by atoms with Gasteiger partial charge in [0.1, 0.15) is 11.2 Å². The number of benzene rings is 1. The standard InChI is InChI=1S/C18H27NO5/c1-17(2,3)23-15(21)14(20)13(12-10-8-7-9-11-12)19-16(22)24-18(4,5)6/h7-11,13-14,20H,1-6H3,(H,19,22)/t13-,14-/m1/s1. The number of aliphatic hydroxyl groups excluding tert-OH is 1. The number of hydrogen-bond donors (Lipinski definition) is 2. The quantitative estimate of drug-likeness (QED) is 0.825. The number of rotatable bonds is 4. The number of esters is 1. The number of carbonyl (C=O) groups excluding carboxylic acids is 2. The maximum absolute atomic E-state index is 12.2. The van der Waals surface area contributed by atoms with Gasteiger partial charge in [0, 0.05) is 0 Å². The second-order valence-electron chi connectivity index (χ2n) is 7.51. The van der Waals surface area contributed by atoms with E-state index in [1.807, 2.05) is 0 Å². The molecule has 2 N–H and O–H groups in total. The predicted molar refractivity (Wildman–Crippen MR) is 90.4 cm³/mol. The minimum Gasteiger partial charge on any atom is -0.458 e. The van der Waals surface area contributed by atoms with E-state index in [0.29, 0.717) is 5.56 Å². The molecule has 0 saturated carbocycles. The third-order valence-corrected chi connectivity index (χ3v) is 2.79. The number of ether oxygens (including phenoxy) is 2. The van der Waals surface area contributed by atoms with Crippen molar-refractivity contribution in [1.82, 2.24) is 5.32 Å². The van der Waals surface area contributed by atoms with Crippen LogP contribution in [0.5, 0.6) is 0 Å². The van der Waals surface area contributed by atoms with Gasteiger partial charge in [-0.3, -0.25) is 0 Å². The summed E-state index contributed by atoms with van der Waals surface area (Å²) in [5.74, 6) is -0.813. The van der Waals surface area contributed by atoms with Gasteiger partial charge in [0.15, 0.2) is 6.10 Å². The van der Waals surface area contributed by atoms with Crippen molar-refractivity contribution < 1.29 is 24.2 Å². The lowest BCUT2D eigenvalue weighted by atomic mass is 10.0. The molecule has 0 aliphatic rings. The summed E-state index contributed by atoms with van der Waals surface area (Å²) in [6.07, 6.45) is -2.28. The van der Waals surface area contributed by atoms with Gasteiger partial charge in [-0.2, -0.15) is 0 Å². The van der Waals surface area contributed by atoms with Gasteiger partial charge in [-0.1, -0.05) is 30.3 Å². The van der Waals surface area contributed by atoms with E-state index in [-0.39, 0.29) is 0 Å². The Bertz CT molecular complexity index is 557. The molecule has 1 aromatic carbocycles. The summed E-state index contributed by atoms with van der Waals surface area (Å²) in [4.78, 5) is 24.2. The summed E-state index contributed by atoms with van der Waals surface area (Å²) in [5, 5.41) is 12.9. The fourth-order valence-corrected chi connectivity index (χ4v) is 1.94. The number of aliphatic hydroxyl groups is 1. The molecule has 2 atom stereocenters. The van der Waals surface area contributed by atoms with Gasteiger partial charge in [0.25, 0.3) is 0 Å². The Balaban J connectivity index is 2.98. The molecule has 0 aliphatic carbocycles. The van der Waals surface area contributed by atoms with Crippen molar-refractivity contribution in [2.24, 2.45) is 0 Å². The summed E-state index contributed by atoms with van der Waals surface area (Å²) in [7, 11) is 0. The molecule has 0 aromatic heterocycles. The van der Waals surface area contributed by atoms with Crippen LogP contribution in [-0.2, 0) is 14.3 Å². The summed E-state index contributed by atoms with van der Waals surface area (Å²) >= 11 is 0. The smallest absolute Gasteiger partial charge is 0.408 e. The third-order valence-electron chi connectivity index (χ3n) is 2.79. The first-order chi connectivity index (χ1) is 10.9. The molecule has 0 heterocycles. The van der Waals surface area contributed by atoms with Crippen LogP contribution in [0, 0.1) is 0 Å². The van der Waals surface area contributed by atoms with Crippen LogP contribution in [0.25, 0.3) is 0 Å². The predicted octanol–water partition coefficient (Wildman–Crippen LogP) is 2.96. The number of carbonyl (C=O) groups is 2. The molecule has 6 heteroatoms. The van der Waals surface area contributed by atoms with E-state index in [9.17, 15) is 14.7 Å².